The van der Waals surface area contributed by atoms with Crippen LogP contribution in [0.15, 0.2) is 48.5 Å². The molecule has 0 bridgehead atoms. The molecule has 2 spiro atoms. The molecule has 3 atom stereocenters. The summed E-state index contributed by atoms with van der Waals surface area (Å²) in [6.07, 6.45) is 7.37. The lowest BCUT2D eigenvalue weighted by molar-refractivity contribution is -0.114. The average Bonchev–Trinajstić information content (AvgIpc) is 3.02. The van der Waals surface area contributed by atoms with Crippen molar-refractivity contribution in [3.05, 3.63) is 59.7 Å². The van der Waals surface area contributed by atoms with Gasteiger partial charge in [-0.3, -0.25) is 0 Å². The van der Waals surface area contributed by atoms with Gasteiger partial charge in [0, 0.05) is 18.4 Å². The Bertz CT molecular complexity index is 901. The Morgan fingerprint density at radius 1 is 0.885 bits per heavy atom. The Labute approximate surface area is 154 Å². The molecule has 26 heavy (non-hydrogen) atoms. The van der Waals surface area contributed by atoms with Gasteiger partial charge in [0.1, 0.15) is 6.29 Å². The van der Waals surface area contributed by atoms with E-state index in [1.54, 1.807) is 0 Å². The molecule has 2 aromatic rings. The van der Waals surface area contributed by atoms with E-state index in [1.165, 1.54) is 35.1 Å². The molecular weight excluding hydrogens is 320 g/mol. The number of aliphatic hydroxyl groups is 1. The summed E-state index contributed by atoms with van der Waals surface area (Å²) in [5.74, 6) is 0. The molecule has 0 aliphatic heterocycles. The first-order valence-electron chi connectivity index (χ1n) is 9.99. The van der Waals surface area contributed by atoms with E-state index >= 15 is 0 Å². The minimum Gasteiger partial charge on any atom is -0.396 e. The third kappa shape index (κ3) is 1.16. The van der Waals surface area contributed by atoms with E-state index in [0.29, 0.717) is 6.42 Å². The van der Waals surface area contributed by atoms with Crippen molar-refractivity contribution in [2.24, 2.45) is 16.2 Å². The fourth-order valence-corrected chi connectivity index (χ4v) is 8.49. The SMILES string of the molecule is O=CCC12CCC3(CCO)C4(c5ccccc5-c5ccccc54)C13CC2. The minimum atomic E-state index is 0.00935. The zero-order valence-corrected chi connectivity index (χ0v) is 15.0. The van der Waals surface area contributed by atoms with Crippen molar-refractivity contribution in [3.8, 4) is 11.1 Å². The number of fused-ring (bicyclic) bond motifs is 6. The molecule has 0 amide bonds. The predicted molar refractivity (Wildman–Crippen MR) is 101 cm³/mol. The molecule has 3 unspecified atom stereocenters. The fraction of sp³-hybridized carbons (Fsp3) is 0.458. The van der Waals surface area contributed by atoms with E-state index < -0.39 is 0 Å². The number of aldehydes is 1. The van der Waals surface area contributed by atoms with Crippen molar-refractivity contribution >= 4 is 6.29 Å². The van der Waals surface area contributed by atoms with Crippen LogP contribution in [0.25, 0.3) is 11.1 Å². The number of aliphatic hydroxyl groups excluding tert-OH is 1. The zero-order valence-electron chi connectivity index (χ0n) is 15.0. The van der Waals surface area contributed by atoms with Crippen molar-refractivity contribution in [1.82, 2.24) is 0 Å². The lowest BCUT2D eigenvalue weighted by Crippen LogP contribution is -2.45. The molecule has 132 valence electrons. The second-order valence-electron chi connectivity index (χ2n) is 8.95. The van der Waals surface area contributed by atoms with E-state index in [9.17, 15) is 9.90 Å². The van der Waals surface area contributed by atoms with Crippen LogP contribution in [0.3, 0.4) is 0 Å². The average molecular weight is 344 g/mol. The topological polar surface area (TPSA) is 37.3 Å². The van der Waals surface area contributed by atoms with Gasteiger partial charge in [0.05, 0.1) is 0 Å². The van der Waals surface area contributed by atoms with Crippen LogP contribution < -0.4 is 0 Å². The van der Waals surface area contributed by atoms with Gasteiger partial charge in [-0.2, -0.15) is 0 Å². The van der Waals surface area contributed by atoms with Crippen molar-refractivity contribution in [1.29, 1.82) is 0 Å². The van der Waals surface area contributed by atoms with Gasteiger partial charge in [-0.15, -0.1) is 0 Å². The Balaban J connectivity index is 1.69. The van der Waals surface area contributed by atoms with Crippen LogP contribution in [-0.4, -0.2) is 18.0 Å². The molecule has 0 heterocycles. The predicted octanol–water partition coefficient (Wildman–Crippen LogP) is 4.48. The van der Waals surface area contributed by atoms with E-state index in [1.807, 2.05) is 0 Å². The van der Waals surface area contributed by atoms with Gasteiger partial charge in [0.25, 0.3) is 0 Å². The van der Waals surface area contributed by atoms with Gasteiger partial charge in [-0.1, -0.05) is 48.5 Å². The molecule has 3 saturated carbocycles. The second kappa shape index (κ2) is 4.48. The van der Waals surface area contributed by atoms with Crippen molar-refractivity contribution < 1.29 is 9.90 Å². The third-order valence-corrected chi connectivity index (χ3v) is 8.99. The lowest BCUT2D eigenvalue weighted by atomic mass is 9.51. The van der Waals surface area contributed by atoms with E-state index in [2.05, 4.69) is 48.5 Å². The highest BCUT2D eigenvalue weighted by atomic mass is 16.3. The van der Waals surface area contributed by atoms with E-state index in [4.69, 9.17) is 0 Å². The Morgan fingerprint density at radius 3 is 2.04 bits per heavy atom. The molecule has 4 aliphatic rings. The van der Waals surface area contributed by atoms with Crippen LogP contribution in [0.5, 0.6) is 0 Å². The summed E-state index contributed by atoms with van der Waals surface area (Å²) in [7, 11) is 0. The summed E-state index contributed by atoms with van der Waals surface area (Å²) >= 11 is 0. The summed E-state index contributed by atoms with van der Waals surface area (Å²) < 4.78 is 0. The van der Waals surface area contributed by atoms with Crippen LogP contribution >= 0.6 is 0 Å². The van der Waals surface area contributed by atoms with Crippen LogP contribution in [0.4, 0.5) is 0 Å². The molecule has 4 aliphatic carbocycles. The quantitative estimate of drug-likeness (QED) is 0.830. The second-order valence-corrected chi connectivity index (χ2v) is 8.95. The van der Waals surface area contributed by atoms with Crippen LogP contribution in [0.2, 0.25) is 0 Å². The molecule has 0 aromatic heterocycles. The molecule has 1 N–H and O–H groups in total. The number of rotatable bonds is 4. The number of hydrogen-bond acceptors (Lipinski definition) is 2. The first-order chi connectivity index (χ1) is 12.7. The fourth-order valence-electron chi connectivity index (χ4n) is 8.49. The molecular formula is C24H24O2. The molecule has 0 saturated heterocycles. The summed E-state index contributed by atoms with van der Waals surface area (Å²) in [5.41, 5.74) is 6.11. The van der Waals surface area contributed by atoms with Crippen LogP contribution in [0, 0.1) is 16.2 Å². The van der Waals surface area contributed by atoms with Crippen molar-refractivity contribution in [3.63, 3.8) is 0 Å². The van der Waals surface area contributed by atoms with Gasteiger partial charge in [0.2, 0.25) is 0 Å². The number of hydrogen-bond donors (Lipinski definition) is 1. The number of carbonyl (C=O) groups excluding carboxylic acids is 1. The summed E-state index contributed by atoms with van der Waals surface area (Å²) in [6, 6.07) is 17.8. The molecule has 2 aromatic carbocycles. The molecule has 6 rings (SSSR count). The third-order valence-electron chi connectivity index (χ3n) is 8.99. The van der Waals surface area contributed by atoms with Crippen LogP contribution in [0.1, 0.15) is 49.7 Å². The minimum absolute atomic E-state index is 0.00935. The largest absolute Gasteiger partial charge is 0.396 e. The van der Waals surface area contributed by atoms with Gasteiger partial charge < -0.3 is 9.90 Å². The first kappa shape index (κ1) is 15.2. The maximum absolute atomic E-state index is 11.6. The van der Waals surface area contributed by atoms with Gasteiger partial charge in [0.15, 0.2) is 0 Å². The Hall–Kier alpha value is -1.93. The maximum atomic E-state index is 11.6. The Kier molecular flexibility index (Phi) is 2.61. The molecule has 2 nitrogen and oxygen atoms in total. The lowest BCUT2D eigenvalue weighted by Gasteiger charge is -2.51. The number of benzene rings is 2. The number of carbonyl (C=O) groups is 1. The van der Waals surface area contributed by atoms with Crippen molar-refractivity contribution in [2.75, 3.05) is 6.61 Å². The molecule has 0 radical (unpaired) electrons. The zero-order chi connectivity index (χ0) is 17.6. The standard InChI is InChI=1S/C24H24O2/c25-15-13-21-9-11-22(14-16-26)23(21,12-10-21)24(22)19-7-3-1-5-17(19)18-6-2-4-8-20(18)24/h1-8,15,26H,9-14,16H2. The van der Waals surface area contributed by atoms with Gasteiger partial charge in [-0.25, -0.2) is 0 Å². The monoisotopic (exact) mass is 344 g/mol. The highest BCUT2D eigenvalue weighted by Crippen LogP contribution is 3.00. The van der Waals surface area contributed by atoms with Crippen molar-refractivity contribution in [2.45, 2.75) is 43.9 Å². The smallest absolute Gasteiger partial charge is 0.120 e. The first-order valence-corrected chi connectivity index (χ1v) is 9.99. The summed E-state index contributed by atoms with van der Waals surface area (Å²) in [6.45, 7) is 0.241. The van der Waals surface area contributed by atoms with Gasteiger partial charge in [-0.05, 0) is 70.6 Å². The van der Waals surface area contributed by atoms with Gasteiger partial charge >= 0.3 is 0 Å². The maximum Gasteiger partial charge on any atom is 0.120 e. The molecule has 2 heteroatoms. The summed E-state index contributed by atoms with van der Waals surface area (Å²) in [5, 5.41) is 10.0. The normalized spacial score (nSPS) is 36.7. The van der Waals surface area contributed by atoms with E-state index in [-0.39, 0.29) is 28.3 Å². The Morgan fingerprint density at radius 2 is 1.50 bits per heavy atom. The molecule has 3 fully saturated rings. The summed E-state index contributed by atoms with van der Waals surface area (Å²) in [4.78, 5) is 11.6. The highest BCUT2D eigenvalue weighted by Gasteiger charge is 2.97. The van der Waals surface area contributed by atoms with E-state index in [0.717, 1.165) is 25.5 Å². The highest BCUT2D eigenvalue weighted by molar-refractivity contribution is 5.87. The van der Waals surface area contributed by atoms with Crippen LogP contribution in [-0.2, 0) is 10.2 Å².